The predicted molar refractivity (Wildman–Crippen MR) is 146 cm³/mol. The molecule has 1 heterocycles. The molecule has 0 amide bonds. The number of hydrogen-bond donors (Lipinski definition) is 2. The molecule has 1 aliphatic carbocycles. The van der Waals surface area contributed by atoms with Crippen LogP contribution >= 0.6 is 0 Å². The van der Waals surface area contributed by atoms with Crippen LogP contribution in [0.15, 0.2) is 65.9 Å². The van der Waals surface area contributed by atoms with Gasteiger partial charge in [-0.1, -0.05) is 24.3 Å². The highest BCUT2D eigenvalue weighted by atomic mass is 16.5. The van der Waals surface area contributed by atoms with Gasteiger partial charge in [-0.05, 0) is 48.2 Å². The van der Waals surface area contributed by atoms with E-state index in [1.165, 1.54) is 0 Å². The van der Waals surface area contributed by atoms with Gasteiger partial charge in [0.15, 0.2) is 28.8 Å². The van der Waals surface area contributed by atoms with E-state index in [4.69, 9.17) is 23.7 Å². The van der Waals surface area contributed by atoms with Crippen molar-refractivity contribution in [3.63, 3.8) is 0 Å². The quantitative estimate of drug-likeness (QED) is 0.413. The van der Waals surface area contributed by atoms with Crippen LogP contribution in [0.3, 0.4) is 0 Å². The molecule has 3 aromatic carbocycles. The number of anilines is 2. The molecule has 2 aliphatic rings. The highest BCUT2D eigenvalue weighted by molar-refractivity contribution is 6.01. The molecule has 0 aromatic heterocycles. The minimum absolute atomic E-state index is 0.0488. The molecule has 0 spiro atoms. The number of rotatable bonds is 7. The smallest absolute Gasteiger partial charge is 0.203 e. The number of nitrogens with one attached hydrogen (secondary N) is 2. The Morgan fingerprint density at radius 3 is 2.00 bits per heavy atom. The molecule has 8 nitrogen and oxygen atoms in total. The molecular formula is C30H32N2O6. The standard InChI is InChI=1S/C30H32N2O6/c1-34-24-12-8-9-19(29(24)37-4)28-27-22(31-20-10-6-7-11-21(20)32-28)13-17(14-23(27)33)18-15-25(35-2)30(38-5)26(16-18)36-3/h6-12,15-17,28,31-32H,13-14H2,1-5H3/t17-,28+/m1/s1. The summed E-state index contributed by atoms with van der Waals surface area (Å²) in [5.74, 6) is 2.82. The Bertz CT molecular complexity index is 1370. The highest BCUT2D eigenvalue weighted by Gasteiger charge is 2.38. The molecule has 2 N–H and O–H groups in total. The number of carbonyl (C=O) groups excluding carboxylic acids is 1. The molecular weight excluding hydrogens is 484 g/mol. The van der Waals surface area contributed by atoms with Gasteiger partial charge in [0.2, 0.25) is 5.75 Å². The lowest BCUT2D eigenvalue weighted by Gasteiger charge is -2.31. The average molecular weight is 517 g/mol. The van der Waals surface area contributed by atoms with Crippen molar-refractivity contribution in [3.05, 3.63) is 77.0 Å². The number of ketones is 1. The fourth-order valence-corrected chi connectivity index (χ4v) is 5.44. The van der Waals surface area contributed by atoms with Crippen molar-refractivity contribution in [2.45, 2.75) is 24.8 Å². The van der Waals surface area contributed by atoms with Crippen LogP contribution in [0.25, 0.3) is 0 Å². The molecule has 38 heavy (non-hydrogen) atoms. The maximum atomic E-state index is 14.0. The summed E-state index contributed by atoms with van der Waals surface area (Å²) in [5.41, 5.74) is 5.14. The molecule has 1 aliphatic heterocycles. The van der Waals surface area contributed by atoms with Crippen molar-refractivity contribution in [1.82, 2.24) is 0 Å². The second-order valence-electron chi connectivity index (χ2n) is 9.21. The lowest BCUT2D eigenvalue weighted by molar-refractivity contribution is -0.116. The predicted octanol–water partition coefficient (Wildman–Crippen LogP) is 5.71. The van der Waals surface area contributed by atoms with Crippen LogP contribution in [0.2, 0.25) is 0 Å². The molecule has 5 rings (SSSR count). The Balaban J connectivity index is 1.63. The lowest BCUT2D eigenvalue weighted by atomic mass is 9.78. The van der Waals surface area contributed by atoms with Crippen LogP contribution in [-0.4, -0.2) is 41.3 Å². The van der Waals surface area contributed by atoms with Gasteiger partial charge in [0.25, 0.3) is 0 Å². The Labute approximate surface area is 222 Å². The van der Waals surface area contributed by atoms with Crippen LogP contribution in [0.1, 0.15) is 35.9 Å². The summed E-state index contributed by atoms with van der Waals surface area (Å²) in [7, 11) is 7.99. The van der Waals surface area contributed by atoms with E-state index in [2.05, 4.69) is 10.6 Å². The van der Waals surface area contributed by atoms with E-state index in [0.717, 1.165) is 28.2 Å². The second kappa shape index (κ2) is 10.6. The van der Waals surface area contributed by atoms with Crippen molar-refractivity contribution in [3.8, 4) is 28.7 Å². The molecule has 2 atom stereocenters. The molecule has 198 valence electrons. The summed E-state index contributed by atoms with van der Waals surface area (Å²) in [4.78, 5) is 14.0. The summed E-state index contributed by atoms with van der Waals surface area (Å²) in [5, 5.41) is 7.18. The van der Waals surface area contributed by atoms with E-state index in [-0.39, 0.29) is 11.7 Å². The molecule has 0 saturated carbocycles. The number of fused-ring (bicyclic) bond motifs is 1. The zero-order valence-corrected chi connectivity index (χ0v) is 22.2. The number of hydrogen-bond acceptors (Lipinski definition) is 8. The Kier molecular flexibility index (Phi) is 7.05. The van der Waals surface area contributed by atoms with Gasteiger partial charge in [0.05, 0.1) is 53.0 Å². The maximum Gasteiger partial charge on any atom is 0.203 e. The molecule has 0 bridgehead atoms. The number of allylic oxidation sites excluding steroid dienone is 1. The van der Waals surface area contributed by atoms with Crippen molar-refractivity contribution in [1.29, 1.82) is 0 Å². The first-order chi connectivity index (χ1) is 18.5. The first kappa shape index (κ1) is 25.3. The van der Waals surface area contributed by atoms with Crippen molar-refractivity contribution >= 4 is 17.2 Å². The van der Waals surface area contributed by atoms with Gasteiger partial charge in [-0.3, -0.25) is 4.79 Å². The highest BCUT2D eigenvalue weighted by Crippen LogP contribution is 2.49. The summed E-state index contributed by atoms with van der Waals surface area (Å²) < 4.78 is 28.0. The topological polar surface area (TPSA) is 87.3 Å². The van der Waals surface area contributed by atoms with E-state index >= 15 is 0 Å². The molecule has 3 aromatic rings. The zero-order valence-electron chi connectivity index (χ0n) is 22.2. The zero-order chi connectivity index (χ0) is 26.8. The summed E-state index contributed by atoms with van der Waals surface area (Å²) >= 11 is 0. The number of carbonyl (C=O) groups is 1. The Morgan fingerprint density at radius 2 is 1.37 bits per heavy atom. The number of Topliss-reactive ketones (excluding diaryl/α,β-unsaturated/α-hetero) is 1. The first-order valence-corrected chi connectivity index (χ1v) is 12.4. The van der Waals surface area contributed by atoms with Gasteiger partial charge in [-0.25, -0.2) is 0 Å². The van der Waals surface area contributed by atoms with E-state index in [1.54, 1.807) is 35.5 Å². The Morgan fingerprint density at radius 1 is 0.711 bits per heavy atom. The van der Waals surface area contributed by atoms with Crippen LogP contribution in [-0.2, 0) is 4.79 Å². The molecule has 8 heteroatoms. The van der Waals surface area contributed by atoms with Crippen LogP contribution in [0.4, 0.5) is 11.4 Å². The molecule has 0 fully saturated rings. The van der Waals surface area contributed by atoms with Crippen molar-refractivity contribution in [2.75, 3.05) is 46.2 Å². The summed E-state index contributed by atoms with van der Waals surface area (Å²) in [6, 6.07) is 17.1. The van der Waals surface area contributed by atoms with Gasteiger partial charge < -0.3 is 34.3 Å². The normalized spacial score (nSPS) is 18.3. The van der Waals surface area contributed by atoms with E-state index in [0.29, 0.717) is 47.2 Å². The largest absolute Gasteiger partial charge is 0.493 e. The third-order valence-corrected chi connectivity index (χ3v) is 7.21. The number of ether oxygens (including phenoxy) is 5. The van der Waals surface area contributed by atoms with E-state index in [9.17, 15) is 4.79 Å². The summed E-state index contributed by atoms with van der Waals surface area (Å²) in [6.45, 7) is 0. The lowest BCUT2D eigenvalue weighted by Crippen LogP contribution is -2.27. The fraction of sp³-hybridized carbons (Fsp3) is 0.300. The minimum atomic E-state index is -0.431. The van der Waals surface area contributed by atoms with Crippen molar-refractivity contribution < 1.29 is 28.5 Å². The van der Waals surface area contributed by atoms with Crippen molar-refractivity contribution in [2.24, 2.45) is 0 Å². The SMILES string of the molecule is COc1cc([C@H]2CC(=O)C3=C(C2)Nc2ccccc2N[C@H]3c2cccc(OC)c2OC)cc(OC)c1OC. The molecule has 0 unspecified atom stereocenters. The number of para-hydroxylation sites is 3. The molecule has 0 saturated heterocycles. The fourth-order valence-electron chi connectivity index (χ4n) is 5.44. The van der Waals surface area contributed by atoms with Gasteiger partial charge in [-0.15, -0.1) is 0 Å². The third-order valence-electron chi connectivity index (χ3n) is 7.21. The average Bonchev–Trinajstić information content (AvgIpc) is 3.12. The van der Waals surface area contributed by atoms with Crippen LogP contribution in [0, 0.1) is 0 Å². The van der Waals surface area contributed by atoms with Gasteiger partial charge in [0.1, 0.15) is 0 Å². The minimum Gasteiger partial charge on any atom is -0.493 e. The maximum absolute atomic E-state index is 14.0. The first-order valence-electron chi connectivity index (χ1n) is 12.4. The third kappa shape index (κ3) is 4.36. The number of methoxy groups -OCH3 is 5. The second-order valence-corrected chi connectivity index (χ2v) is 9.21. The van der Waals surface area contributed by atoms with Crippen LogP contribution in [0.5, 0.6) is 28.7 Å². The van der Waals surface area contributed by atoms with E-state index < -0.39 is 6.04 Å². The number of benzene rings is 3. The summed E-state index contributed by atoms with van der Waals surface area (Å²) in [6.07, 6.45) is 0.957. The molecule has 0 radical (unpaired) electrons. The Hall–Kier alpha value is -4.33. The van der Waals surface area contributed by atoms with Gasteiger partial charge in [-0.2, -0.15) is 0 Å². The van der Waals surface area contributed by atoms with Gasteiger partial charge >= 0.3 is 0 Å². The van der Waals surface area contributed by atoms with Gasteiger partial charge in [0, 0.05) is 23.3 Å². The monoisotopic (exact) mass is 516 g/mol. The van der Waals surface area contributed by atoms with E-state index in [1.807, 2.05) is 54.6 Å². The van der Waals surface area contributed by atoms with Crippen LogP contribution < -0.4 is 34.3 Å².